The van der Waals surface area contributed by atoms with Crippen LogP contribution < -0.4 is 14.8 Å². The Hall–Kier alpha value is -3.78. The van der Waals surface area contributed by atoms with Gasteiger partial charge >= 0.3 is 0 Å². The highest BCUT2D eigenvalue weighted by Gasteiger charge is 2.44. The van der Waals surface area contributed by atoms with Gasteiger partial charge in [-0.1, -0.05) is 48.5 Å². The van der Waals surface area contributed by atoms with E-state index in [1.165, 1.54) is 12.1 Å². The maximum atomic E-state index is 13.8. The lowest BCUT2D eigenvalue weighted by atomic mass is 9.83. The van der Waals surface area contributed by atoms with Crippen molar-refractivity contribution in [1.82, 2.24) is 10.2 Å². The number of hydrogen-bond donors (Lipinski definition) is 1. The van der Waals surface area contributed by atoms with E-state index < -0.39 is 0 Å². The van der Waals surface area contributed by atoms with Gasteiger partial charge in [0.25, 0.3) is 5.91 Å². The van der Waals surface area contributed by atoms with Crippen LogP contribution in [-0.4, -0.2) is 47.8 Å². The number of nitrogens with one attached hydrogen (secondary N) is 1. The van der Waals surface area contributed by atoms with Crippen LogP contribution in [0.15, 0.2) is 77.7 Å². The van der Waals surface area contributed by atoms with Gasteiger partial charge in [-0.3, -0.25) is 9.59 Å². The number of benzene rings is 3. The van der Waals surface area contributed by atoms with Gasteiger partial charge in [-0.2, -0.15) is 0 Å². The average Bonchev–Trinajstić information content (AvgIpc) is 3.02. The summed E-state index contributed by atoms with van der Waals surface area (Å²) in [4.78, 5) is 29.8. The summed E-state index contributed by atoms with van der Waals surface area (Å²) in [7, 11) is 0. The Morgan fingerprint density at radius 2 is 1.70 bits per heavy atom. The number of halogens is 1. The van der Waals surface area contributed by atoms with Crippen molar-refractivity contribution in [2.24, 2.45) is 5.92 Å². The molecule has 3 unspecified atom stereocenters. The van der Waals surface area contributed by atoms with E-state index in [4.69, 9.17) is 9.47 Å². The Morgan fingerprint density at radius 3 is 2.44 bits per heavy atom. The molecule has 3 atom stereocenters. The number of nitrogens with zero attached hydrogens (tertiary/aromatic N) is 1. The first-order valence-corrected chi connectivity index (χ1v) is 16.0. The number of rotatable bonds is 11. The molecule has 0 spiro atoms. The zero-order valence-corrected chi connectivity index (χ0v) is 25.6. The van der Waals surface area contributed by atoms with Crippen LogP contribution in [0.25, 0.3) is 6.08 Å². The smallest absolute Gasteiger partial charge is 0.260 e. The van der Waals surface area contributed by atoms with E-state index in [0.717, 1.165) is 35.3 Å². The van der Waals surface area contributed by atoms with Crippen molar-refractivity contribution in [3.8, 4) is 11.5 Å². The highest BCUT2D eigenvalue weighted by molar-refractivity contribution is 8.04. The highest BCUT2D eigenvalue weighted by Crippen LogP contribution is 2.44. The van der Waals surface area contributed by atoms with Gasteiger partial charge in [0.05, 0.1) is 18.1 Å². The Kier molecular flexibility index (Phi) is 10.4. The Balaban J connectivity index is 1.26. The van der Waals surface area contributed by atoms with Crippen molar-refractivity contribution in [2.45, 2.75) is 57.4 Å². The molecule has 226 valence electrons. The minimum Gasteiger partial charge on any atom is -0.490 e. The normalized spacial score (nSPS) is 20.9. The van der Waals surface area contributed by atoms with Crippen LogP contribution in [-0.2, 0) is 22.6 Å². The summed E-state index contributed by atoms with van der Waals surface area (Å²) in [6, 6.07) is 22.0. The Labute approximate surface area is 257 Å². The minimum atomic E-state index is -0.305. The molecule has 1 N–H and O–H groups in total. The third kappa shape index (κ3) is 7.79. The van der Waals surface area contributed by atoms with Gasteiger partial charge in [0.1, 0.15) is 5.82 Å². The molecule has 5 rings (SSSR count). The van der Waals surface area contributed by atoms with Crippen molar-refractivity contribution >= 4 is 29.7 Å². The molecule has 2 amide bonds. The quantitative estimate of drug-likeness (QED) is 0.250. The van der Waals surface area contributed by atoms with E-state index in [1.54, 1.807) is 23.9 Å². The van der Waals surface area contributed by atoms with Crippen LogP contribution in [0.1, 0.15) is 49.8 Å². The summed E-state index contributed by atoms with van der Waals surface area (Å²) in [6.45, 7) is 5.89. The molecule has 2 fully saturated rings. The number of amides is 2. The van der Waals surface area contributed by atoms with Crippen LogP contribution in [0, 0.1) is 11.7 Å². The summed E-state index contributed by atoms with van der Waals surface area (Å²) in [5.41, 5.74) is 2.91. The molecule has 1 heterocycles. The molecule has 1 saturated heterocycles. The molecule has 8 heteroatoms. The maximum absolute atomic E-state index is 13.8. The van der Waals surface area contributed by atoms with Gasteiger partial charge in [0, 0.05) is 30.3 Å². The van der Waals surface area contributed by atoms with E-state index in [9.17, 15) is 14.0 Å². The number of hydrogen-bond acceptors (Lipinski definition) is 5. The first kappa shape index (κ1) is 30.7. The third-order valence-electron chi connectivity index (χ3n) is 7.96. The lowest BCUT2D eigenvalue weighted by molar-refractivity contribution is -0.133. The largest absolute Gasteiger partial charge is 0.490 e. The molecule has 0 aromatic heterocycles. The van der Waals surface area contributed by atoms with Crippen LogP contribution in [0.5, 0.6) is 11.5 Å². The number of ether oxygens (including phenoxy) is 2. The topological polar surface area (TPSA) is 67.9 Å². The molecule has 2 aliphatic rings. The first-order chi connectivity index (χ1) is 20.9. The first-order valence-electron chi connectivity index (χ1n) is 15.1. The predicted molar refractivity (Wildman–Crippen MR) is 169 cm³/mol. The number of fused-ring (bicyclic) bond motifs is 1. The van der Waals surface area contributed by atoms with E-state index >= 15 is 0 Å². The second kappa shape index (κ2) is 14.6. The van der Waals surface area contributed by atoms with Gasteiger partial charge in [-0.15, -0.1) is 11.8 Å². The zero-order chi connectivity index (χ0) is 30.2. The summed E-state index contributed by atoms with van der Waals surface area (Å²) in [5, 5.41) is 3.33. The minimum absolute atomic E-state index is 0.0271. The molecule has 3 aromatic carbocycles. The molecule has 43 heavy (non-hydrogen) atoms. The molecular formula is C35H39FN2O4S. The lowest BCUT2D eigenvalue weighted by Crippen LogP contribution is -2.53. The monoisotopic (exact) mass is 602 g/mol. The number of carbonyl (C=O) groups excluding carboxylic acids is 2. The summed E-state index contributed by atoms with van der Waals surface area (Å²) >= 11 is 1.63. The molecule has 0 bridgehead atoms. The second-order valence-corrected chi connectivity index (χ2v) is 12.2. The van der Waals surface area contributed by atoms with Gasteiger partial charge < -0.3 is 19.7 Å². The van der Waals surface area contributed by atoms with Crippen molar-refractivity contribution in [3.63, 3.8) is 0 Å². The molecule has 0 radical (unpaired) electrons. The molecule has 1 aliphatic carbocycles. The van der Waals surface area contributed by atoms with Crippen LogP contribution in [0.2, 0.25) is 0 Å². The predicted octanol–water partition coefficient (Wildman–Crippen LogP) is 6.64. The van der Waals surface area contributed by atoms with Crippen LogP contribution >= 0.6 is 11.8 Å². The van der Waals surface area contributed by atoms with Gasteiger partial charge in [0.2, 0.25) is 5.91 Å². The van der Waals surface area contributed by atoms with Crippen molar-refractivity contribution in [1.29, 1.82) is 0 Å². The van der Waals surface area contributed by atoms with E-state index in [1.807, 2.05) is 73.4 Å². The van der Waals surface area contributed by atoms with E-state index in [0.29, 0.717) is 49.8 Å². The molecule has 1 aliphatic heterocycles. The maximum Gasteiger partial charge on any atom is 0.260 e. The SMILES string of the molecule is CCOc1ccc(CCNC(=O)C2CCC3S/C(=C\c4ccccc4)C(=O)N(Cc4ccc(F)cc4)C3C2)cc1OCC. The lowest BCUT2D eigenvalue weighted by Gasteiger charge is -2.46. The van der Waals surface area contributed by atoms with E-state index in [-0.39, 0.29) is 34.8 Å². The van der Waals surface area contributed by atoms with E-state index in [2.05, 4.69) is 5.32 Å². The summed E-state index contributed by atoms with van der Waals surface area (Å²) in [6.07, 6.45) is 4.85. The van der Waals surface area contributed by atoms with Crippen molar-refractivity contribution in [2.75, 3.05) is 19.8 Å². The second-order valence-electron chi connectivity index (χ2n) is 10.9. The standard InChI is InChI=1S/C35H39FN2O4S/c1-3-41-30-16-12-25(20-31(30)42-4-2)18-19-37-34(39)27-13-17-32-29(22-27)38(23-26-10-14-28(36)15-11-26)35(40)33(43-32)21-24-8-6-5-7-9-24/h5-12,14-16,20-21,27,29,32H,3-4,13,17-19,22-23H2,1-2H3,(H,37,39)/b33-21-. The van der Waals surface area contributed by atoms with Crippen molar-refractivity contribution in [3.05, 3.63) is 100 Å². The van der Waals surface area contributed by atoms with Gasteiger partial charge in [-0.25, -0.2) is 4.39 Å². The fourth-order valence-electron chi connectivity index (χ4n) is 5.83. The highest BCUT2D eigenvalue weighted by atomic mass is 32.2. The fraction of sp³-hybridized carbons (Fsp3) is 0.371. The fourth-order valence-corrected chi connectivity index (χ4v) is 7.24. The molecule has 6 nitrogen and oxygen atoms in total. The Morgan fingerprint density at radius 1 is 0.977 bits per heavy atom. The summed E-state index contributed by atoms with van der Waals surface area (Å²) in [5.74, 6) is 0.943. The molecular weight excluding hydrogens is 563 g/mol. The molecule has 1 saturated carbocycles. The number of carbonyl (C=O) groups is 2. The van der Waals surface area contributed by atoms with Crippen LogP contribution in [0.4, 0.5) is 4.39 Å². The number of thioether (sulfide) groups is 1. The van der Waals surface area contributed by atoms with Crippen LogP contribution in [0.3, 0.4) is 0 Å². The molecule has 3 aromatic rings. The zero-order valence-electron chi connectivity index (χ0n) is 24.8. The third-order valence-corrected chi connectivity index (χ3v) is 9.36. The Bertz CT molecular complexity index is 1430. The van der Waals surface area contributed by atoms with Gasteiger partial charge in [-0.05, 0) is 86.6 Å². The average molecular weight is 603 g/mol. The van der Waals surface area contributed by atoms with Gasteiger partial charge in [0.15, 0.2) is 11.5 Å². The van der Waals surface area contributed by atoms with Crippen molar-refractivity contribution < 1.29 is 23.5 Å². The summed E-state index contributed by atoms with van der Waals surface area (Å²) < 4.78 is 25.0.